The molecule has 94 valence electrons. The summed E-state index contributed by atoms with van der Waals surface area (Å²) in [4.78, 5) is 17.1. The summed E-state index contributed by atoms with van der Waals surface area (Å²) in [6.45, 7) is 0.595. The van der Waals surface area contributed by atoms with E-state index in [9.17, 15) is 4.79 Å². The number of hydrazine groups is 1. The fourth-order valence-corrected chi connectivity index (χ4v) is 2.26. The van der Waals surface area contributed by atoms with Gasteiger partial charge in [-0.25, -0.2) is 0 Å². The number of nitrogens with two attached hydrogens (primary N) is 1. The minimum atomic E-state index is -0.174. The van der Waals surface area contributed by atoms with Crippen LogP contribution < -0.4 is 16.6 Å². The molecule has 0 unspecified atom stereocenters. The van der Waals surface area contributed by atoms with Gasteiger partial charge in [-0.1, -0.05) is 6.07 Å². The number of carbonyl (C=O) groups excluding carboxylic acids is 1. The van der Waals surface area contributed by atoms with Crippen LogP contribution >= 0.6 is 11.3 Å². The number of pyridine rings is 1. The van der Waals surface area contributed by atoms with Crippen LogP contribution in [-0.4, -0.2) is 17.4 Å². The highest BCUT2D eigenvalue weighted by Gasteiger charge is 2.10. The first-order chi connectivity index (χ1) is 8.81. The number of rotatable bonds is 5. The minimum Gasteiger partial charge on any atom is -0.352 e. The van der Waals surface area contributed by atoms with E-state index < -0.39 is 0 Å². The van der Waals surface area contributed by atoms with Crippen LogP contribution in [0.15, 0.2) is 36.0 Å². The number of carbonyl (C=O) groups is 1. The van der Waals surface area contributed by atoms with Crippen molar-refractivity contribution in [1.82, 2.24) is 10.3 Å². The van der Waals surface area contributed by atoms with Crippen LogP contribution in [0.2, 0.25) is 0 Å². The van der Waals surface area contributed by atoms with Crippen molar-refractivity contribution in [3.05, 3.63) is 46.4 Å². The summed E-state index contributed by atoms with van der Waals surface area (Å²) in [5.74, 6) is 5.16. The lowest BCUT2D eigenvalue weighted by Crippen LogP contribution is -2.27. The van der Waals surface area contributed by atoms with E-state index in [2.05, 4.69) is 15.7 Å². The molecule has 0 aliphatic carbocycles. The molecule has 0 fully saturated rings. The maximum Gasteiger partial charge on any atom is 0.255 e. The molecule has 0 bridgehead atoms. The highest BCUT2D eigenvalue weighted by molar-refractivity contribution is 7.09. The van der Waals surface area contributed by atoms with Gasteiger partial charge in [0.1, 0.15) is 0 Å². The molecule has 0 saturated carbocycles. The first-order valence-corrected chi connectivity index (χ1v) is 6.40. The Morgan fingerprint density at radius 3 is 3.06 bits per heavy atom. The van der Waals surface area contributed by atoms with E-state index in [1.165, 1.54) is 11.1 Å². The second-order valence-corrected chi connectivity index (χ2v) is 4.68. The summed E-state index contributed by atoms with van der Waals surface area (Å²) in [6.07, 6.45) is 3.91. The molecule has 1 amide bonds. The van der Waals surface area contributed by atoms with Gasteiger partial charge >= 0.3 is 0 Å². The van der Waals surface area contributed by atoms with Gasteiger partial charge in [0.15, 0.2) is 0 Å². The number of anilines is 1. The van der Waals surface area contributed by atoms with Crippen LogP contribution in [0.5, 0.6) is 0 Å². The highest BCUT2D eigenvalue weighted by atomic mass is 32.1. The monoisotopic (exact) mass is 262 g/mol. The average Bonchev–Trinajstić information content (AvgIpc) is 2.91. The molecule has 6 heteroatoms. The molecule has 0 saturated heterocycles. The summed E-state index contributed by atoms with van der Waals surface area (Å²) in [5.41, 5.74) is 3.50. The van der Waals surface area contributed by atoms with Crippen LogP contribution in [0.25, 0.3) is 0 Å². The summed E-state index contributed by atoms with van der Waals surface area (Å²) in [7, 11) is 0. The standard InChI is InChI=1S/C12H14N4OS/c13-16-11-4-5-14-8-10(11)12(17)15-6-3-9-2-1-7-18-9/h1-2,4-5,7-8H,3,6,13H2,(H,14,16)(H,15,17). The molecule has 0 radical (unpaired) electrons. The third kappa shape index (κ3) is 3.06. The minimum absolute atomic E-state index is 0.174. The van der Waals surface area contributed by atoms with E-state index in [1.54, 1.807) is 23.6 Å². The summed E-state index contributed by atoms with van der Waals surface area (Å²) >= 11 is 1.68. The van der Waals surface area contributed by atoms with Crippen LogP contribution in [0.4, 0.5) is 5.69 Å². The molecular formula is C12H14N4OS. The maximum absolute atomic E-state index is 11.9. The van der Waals surface area contributed by atoms with Gasteiger partial charge in [0, 0.05) is 23.8 Å². The topological polar surface area (TPSA) is 80.0 Å². The molecule has 0 aliphatic heterocycles. The second kappa shape index (κ2) is 6.13. The fraction of sp³-hybridized carbons (Fsp3) is 0.167. The number of amides is 1. The lowest BCUT2D eigenvalue weighted by atomic mass is 10.2. The summed E-state index contributed by atoms with van der Waals surface area (Å²) in [5, 5.41) is 4.87. The van der Waals surface area contributed by atoms with Crippen molar-refractivity contribution >= 4 is 22.9 Å². The molecule has 0 aliphatic rings. The molecule has 5 nitrogen and oxygen atoms in total. The fourth-order valence-electron chi connectivity index (χ4n) is 1.55. The summed E-state index contributed by atoms with van der Waals surface area (Å²) in [6, 6.07) is 5.71. The molecule has 0 spiro atoms. The van der Waals surface area contributed by atoms with Gasteiger partial charge in [-0.2, -0.15) is 0 Å². The van der Waals surface area contributed by atoms with Crippen molar-refractivity contribution in [3.8, 4) is 0 Å². The molecule has 0 atom stereocenters. The first kappa shape index (κ1) is 12.5. The van der Waals surface area contributed by atoms with Gasteiger partial charge in [0.25, 0.3) is 5.91 Å². The zero-order valence-corrected chi connectivity index (χ0v) is 10.5. The Bertz CT molecular complexity index is 513. The Morgan fingerprint density at radius 2 is 2.33 bits per heavy atom. The molecular weight excluding hydrogens is 248 g/mol. The number of nitrogens with one attached hydrogen (secondary N) is 2. The zero-order valence-electron chi connectivity index (χ0n) is 9.72. The number of nitrogens with zero attached hydrogens (tertiary/aromatic N) is 1. The largest absolute Gasteiger partial charge is 0.352 e. The molecule has 2 aromatic heterocycles. The number of hydrogen-bond acceptors (Lipinski definition) is 5. The Kier molecular flexibility index (Phi) is 4.27. The molecule has 2 rings (SSSR count). The third-order valence-electron chi connectivity index (χ3n) is 2.46. The SMILES string of the molecule is NNc1ccncc1C(=O)NCCc1cccs1. The van der Waals surface area contributed by atoms with E-state index in [0.29, 0.717) is 17.8 Å². The van der Waals surface area contributed by atoms with Gasteiger partial charge in [0.05, 0.1) is 11.3 Å². The van der Waals surface area contributed by atoms with Crippen molar-refractivity contribution < 1.29 is 4.79 Å². The van der Waals surface area contributed by atoms with Crippen molar-refractivity contribution in [2.24, 2.45) is 5.84 Å². The Hall–Kier alpha value is -1.92. The molecule has 4 N–H and O–H groups in total. The van der Waals surface area contributed by atoms with Crippen LogP contribution in [0, 0.1) is 0 Å². The predicted molar refractivity (Wildman–Crippen MR) is 72.4 cm³/mol. The van der Waals surface area contributed by atoms with Crippen molar-refractivity contribution in [2.75, 3.05) is 12.0 Å². The molecule has 0 aromatic carbocycles. The number of aromatic nitrogens is 1. The van der Waals surface area contributed by atoms with Gasteiger partial charge < -0.3 is 10.7 Å². The van der Waals surface area contributed by atoms with Gasteiger partial charge in [-0.05, 0) is 23.9 Å². The quantitative estimate of drug-likeness (QED) is 0.562. The van der Waals surface area contributed by atoms with E-state index in [1.807, 2.05) is 17.5 Å². The van der Waals surface area contributed by atoms with E-state index in [-0.39, 0.29) is 5.91 Å². The van der Waals surface area contributed by atoms with Crippen molar-refractivity contribution in [3.63, 3.8) is 0 Å². The van der Waals surface area contributed by atoms with Gasteiger partial charge in [0.2, 0.25) is 0 Å². The maximum atomic E-state index is 11.9. The highest BCUT2D eigenvalue weighted by Crippen LogP contribution is 2.12. The first-order valence-electron chi connectivity index (χ1n) is 5.52. The van der Waals surface area contributed by atoms with E-state index in [0.717, 1.165) is 6.42 Å². The van der Waals surface area contributed by atoms with Crippen molar-refractivity contribution in [2.45, 2.75) is 6.42 Å². The van der Waals surface area contributed by atoms with Gasteiger partial charge in [-0.3, -0.25) is 15.6 Å². The Balaban J connectivity index is 1.91. The van der Waals surface area contributed by atoms with Gasteiger partial charge in [-0.15, -0.1) is 11.3 Å². The average molecular weight is 262 g/mol. The third-order valence-corrected chi connectivity index (χ3v) is 3.39. The lowest BCUT2D eigenvalue weighted by molar-refractivity contribution is 0.0954. The number of nitrogen functional groups attached to an aromatic ring is 1. The molecule has 2 heterocycles. The normalized spacial score (nSPS) is 10.1. The Morgan fingerprint density at radius 1 is 1.44 bits per heavy atom. The lowest BCUT2D eigenvalue weighted by Gasteiger charge is -2.08. The molecule has 2 aromatic rings. The van der Waals surface area contributed by atoms with E-state index in [4.69, 9.17) is 5.84 Å². The van der Waals surface area contributed by atoms with Crippen LogP contribution in [0.1, 0.15) is 15.2 Å². The zero-order chi connectivity index (χ0) is 12.8. The predicted octanol–water partition coefficient (Wildman–Crippen LogP) is 1.40. The van der Waals surface area contributed by atoms with Crippen LogP contribution in [-0.2, 0) is 6.42 Å². The number of hydrogen-bond donors (Lipinski definition) is 3. The second-order valence-electron chi connectivity index (χ2n) is 3.65. The molecule has 18 heavy (non-hydrogen) atoms. The van der Waals surface area contributed by atoms with E-state index >= 15 is 0 Å². The smallest absolute Gasteiger partial charge is 0.255 e. The number of thiophene rings is 1. The van der Waals surface area contributed by atoms with Crippen molar-refractivity contribution in [1.29, 1.82) is 0 Å². The van der Waals surface area contributed by atoms with Crippen LogP contribution in [0.3, 0.4) is 0 Å². The summed E-state index contributed by atoms with van der Waals surface area (Å²) < 4.78 is 0. The Labute approximate surface area is 109 Å².